The fourth-order valence-corrected chi connectivity index (χ4v) is 1.74. The number of carbonyl (C=O) groups excluding carboxylic acids is 1. The number of rotatable bonds is 3. The lowest BCUT2D eigenvalue weighted by Gasteiger charge is -2.01. The smallest absolute Gasteiger partial charge is 0.270 e. The minimum Gasteiger partial charge on any atom is -0.344 e. The largest absolute Gasteiger partial charge is 0.344 e. The molecule has 0 aliphatic heterocycles. The summed E-state index contributed by atoms with van der Waals surface area (Å²) in [6.07, 6.45) is 3.06. The molecule has 2 aromatic heterocycles. The van der Waals surface area contributed by atoms with Gasteiger partial charge in [0.2, 0.25) is 0 Å². The van der Waals surface area contributed by atoms with E-state index in [1.54, 1.807) is 12.3 Å². The van der Waals surface area contributed by atoms with Crippen molar-refractivity contribution in [2.45, 2.75) is 6.54 Å². The highest BCUT2D eigenvalue weighted by Gasteiger charge is 2.07. The molecule has 0 aromatic carbocycles. The van der Waals surface area contributed by atoms with E-state index in [1.165, 1.54) is 23.6 Å². The monoisotopic (exact) mass is 244 g/mol. The molecule has 0 fully saturated rings. The van der Waals surface area contributed by atoms with Crippen molar-refractivity contribution in [2.75, 3.05) is 0 Å². The number of aromatic nitrogens is 2. The maximum absolute atomic E-state index is 11.7. The van der Waals surface area contributed by atoms with E-state index in [0.717, 1.165) is 5.01 Å². The first-order chi connectivity index (χ1) is 8.29. The molecule has 6 heteroatoms. The van der Waals surface area contributed by atoms with E-state index < -0.39 is 0 Å². The number of nitrogens with one attached hydrogen (secondary N) is 1. The second-order valence-electron chi connectivity index (χ2n) is 3.15. The van der Waals surface area contributed by atoms with Gasteiger partial charge in [0.25, 0.3) is 5.91 Å². The van der Waals surface area contributed by atoms with Crippen molar-refractivity contribution in [2.24, 2.45) is 0 Å². The normalized spacial score (nSPS) is 9.59. The van der Waals surface area contributed by atoms with Crippen LogP contribution in [0.25, 0.3) is 0 Å². The molecule has 0 aliphatic carbocycles. The molecule has 2 rings (SSSR count). The van der Waals surface area contributed by atoms with Crippen molar-refractivity contribution in [1.82, 2.24) is 15.3 Å². The quantitative estimate of drug-likeness (QED) is 0.883. The number of pyridine rings is 1. The molecule has 0 spiro atoms. The van der Waals surface area contributed by atoms with E-state index in [0.29, 0.717) is 17.8 Å². The Morgan fingerprint density at radius 3 is 2.94 bits per heavy atom. The maximum atomic E-state index is 11.7. The predicted octanol–water partition coefficient (Wildman–Crippen LogP) is 1.34. The SMILES string of the molecule is N#Cc1ccc(C(=O)NCc2nccs2)nc1. The zero-order valence-electron chi connectivity index (χ0n) is 8.75. The van der Waals surface area contributed by atoms with Crippen LogP contribution in [0, 0.1) is 11.3 Å². The van der Waals surface area contributed by atoms with E-state index in [1.807, 2.05) is 11.4 Å². The number of hydrogen-bond acceptors (Lipinski definition) is 5. The van der Waals surface area contributed by atoms with Gasteiger partial charge in [0.1, 0.15) is 16.8 Å². The first-order valence-corrected chi connectivity index (χ1v) is 5.70. The molecule has 0 bridgehead atoms. The molecule has 0 aliphatic rings. The van der Waals surface area contributed by atoms with E-state index in [4.69, 9.17) is 5.26 Å². The molecule has 0 unspecified atom stereocenters. The molecule has 0 saturated heterocycles. The zero-order valence-corrected chi connectivity index (χ0v) is 9.57. The summed E-state index contributed by atoms with van der Waals surface area (Å²) in [5.74, 6) is -0.273. The Morgan fingerprint density at radius 2 is 2.35 bits per heavy atom. The number of carbonyl (C=O) groups is 1. The second-order valence-corrected chi connectivity index (χ2v) is 4.13. The summed E-state index contributed by atoms with van der Waals surface area (Å²) >= 11 is 1.48. The molecule has 84 valence electrons. The molecule has 0 saturated carbocycles. The van der Waals surface area contributed by atoms with Gasteiger partial charge in [-0.25, -0.2) is 9.97 Å². The number of amides is 1. The number of nitriles is 1. The summed E-state index contributed by atoms with van der Waals surface area (Å²) in [4.78, 5) is 19.6. The lowest BCUT2D eigenvalue weighted by Crippen LogP contribution is -2.23. The summed E-state index contributed by atoms with van der Waals surface area (Å²) in [5.41, 5.74) is 0.724. The summed E-state index contributed by atoms with van der Waals surface area (Å²) in [6.45, 7) is 0.387. The van der Waals surface area contributed by atoms with Crippen molar-refractivity contribution < 1.29 is 4.79 Å². The van der Waals surface area contributed by atoms with Gasteiger partial charge in [-0.1, -0.05) is 0 Å². The minimum atomic E-state index is -0.273. The molecule has 2 heterocycles. The second kappa shape index (κ2) is 5.18. The lowest BCUT2D eigenvalue weighted by molar-refractivity contribution is 0.0946. The Kier molecular flexibility index (Phi) is 3.43. The molecular weight excluding hydrogens is 236 g/mol. The highest BCUT2D eigenvalue weighted by atomic mass is 32.1. The van der Waals surface area contributed by atoms with Crippen LogP contribution >= 0.6 is 11.3 Å². The number of nitrogens with zero attached hydrogens (tertiary/aromatic N) is 3. The van der Waals surface area contributed by atoms with Gasteiger partial charge in [-0.05, 0) is 12.1 Å². The summed E-state index contributed by atoms with van der Waals surface area (Å²) in [7, 11) is 0. The highest BCUT2D eigenvalue weighted by Crippen LogP contribution is 2.04. The molecule has 1 N–H and O–H groups in total. The van der Waals surface area contributed by atoms with Gasteiger partial charge < -0.3 is 5.32 Å². The van der Waals surface area contributed by atoms with Crippen molar-refractivity contribution in [3.63, 3.8) is 0 Å². The summed E-state index contributed by atoms with van der Waals surface area (Å²) < 4.78 is 0. The van der Waals surface area contributed by atoms with Crippen molar-refractivity contribution >= 4 is 17.2 Å². The van der Waals surface area contributed by atoms with Crippen LogP contribution in [0.15, 0.2) is 29.9 Å². The highest BCUT2D eigenvalue weighted by molar-refractivity contribution is 7.09. The van der Waals surface area contributed by atoms with Crippen LogP contribution in [0.5, 0.6) is 0 Å². The minimum absolute atomic E-state index is 0.273. The number of thiazole rings is 1. The molecule has 5 nitrogen and oxygen atoms in total. The van der Waals surface area contributed by atoms with Gasteiger partial charge in [0.15, 0.2) is 0 Å². The van der Waals surface area contributed by atoms with E-state index in [9.17, 15) is 4.79 Å². The van der Waals surface area contributed by atoms with Crippen LogP contribution in [-0.4, -0.2) is 15.9 Å². The average Bonchev–Trinajstić information content (AvgIpc) is 2.89. The Balaban J connectivity index is 1.97. The van der Waals surface area contributed by atoms with Crippen molar-refractivity contribution in [3.05, 3.63) is 46.2 Å². The fourth-order valence-electron chi connectivity index (χ4n) is 1.18. The zero-order chi connectivity index (χ0) is 12.1. The standard InChI is InChI=1S/C11H8N4OS/c12-5-8-1-2-9(14-6-8)11(16)15-7-10-13-3-4-17-10/h1-4,6H,7H2,(H,15,16). The van der Waals surface area contributed by atoms with Crippen LogP contribution in [0.3, 0.4) is 0 Å². The molecule has 0 atom stereocenters. The van der Waals surface area contributed by atoms with Gasteiger partial charge in [-0.3, -0.25) is 4.79 Å². The van der Waals surface area contributed by atoms with Crippen LogP contribution in [-0.2, 0) is 6.54 Å². The average molecular weight is 244 g/mol. The summed E-state index contributed by atoms with van der Waals surface area (Å²) in [6, 6.07) is 5.03. The van der Waals surface area contributed by atoms with Crippen molar-refractivity contribution in [3.8, 4) is 6.07 Å². The van der Waals surface area contributed by atoms with Crippen LogP contribution in [0.4, 0.5) is 0 Å². The molecule has 1 amide bonds. The Morgan fingerprint density at radius 1 is 1.47 bits per heavy atom. The first-order valence-electron chi connectivity index (χ1n) is 4.82. The third kappa shape index (κ3) is 2.86. The maximum Gasteiger partial charge on any atom is 0.270 e. The van der Waals surface area contributed by atoms with Gasteiger partial charge in [0, 0.05) is 17.8 Å². The molecule has 0 radical (unpaired) electrons. The van der Waals surface area contributed by atoms with E-state index >= 15 is 0 Å². The van der Waals surface area contributed by atoms with Crippen molar-refractivity contribution in [1.29, 1.82) is 5.26 Å². The van der Waals surface area contributed by atoms with Crippen LogP contribution in [0.1, 0.15) is 21.1 Å². The topological polar surface area (TPSA) is 78.7 Å². The molecule has 2 aromatic rings. The predicted molar refractivity (Wildman–Crippen MR) is 62.2 cm³/mol. The molecule has 17 heavy (non-hydrogen) atoms. The van der Waals surface area contributed by atoms with Gasteiger partial charge >= 0.3 is 0 Å². The van der Waals surface area contributed by atoms with Crippen LogP contribution in [0.2, 0.25) is 0 Å². The summed E-state index contributed by atoms with van der Waals surface area (Å²) in [5, 5.41) is 14.0. The first kappa shape index (κ1) is 11.2. The van der Waals surface area contributed by atoms with E-state index in [-0.39, 0.29) is 5.91 Å². The van der Waals surface area contributed by atoms with Crippen LogP contribution < -0.4 is 5.32 Å². The molecular formula is C11H8N4OS. The lowest BCUT2D eigenvalue weighted by atomic mass is 10.2. The van der Waals surface area contributed by atoms with Gasteiger partial charge in [-0.15, -0.1) is 11.3 Å². The third-order valence-corrected chi connectivity index (χ3v) is 2.79. The third-order valence-electron chi connectivity index (χ3n) is 2.01. The number of hydrogen-bond donors (Lipinski definition) is 1. The van der Waals surface area contributed by atoms with Gasteiger partial charge in [0.05, 0.1) is 12.1 Å². The van der Waals surface area contributed by atoms with E-state index in [2.05, 4.69) is 15.3 Å². The Hall–Kier alpha value is -2.26. The fraction of sp³-hybridized carbons (Fsp3) is 0.0909. The Bertz CT molecular complexity index is 542. The Labute approximate surface area is 102 Å². The van der Waals surface area contributed by atoms with Gasteiger partial charge in [-0.2, -0.15) is 5.26 Å².